The lowest BCUT2D eigenvalue weighted by molar-refractivity contribution is -0.117. The Morgan fingerprint density at radius 2 is 2.00 bits per heavy atom. The molecular weight excluding hydrogens is 342 g/mol. The van der Waals surface area contributed by atoms with Crippen molar-refractivity contribution in [2.75, 3.05) is 18.6 Å². The first-order valence-corrected chi connectivity index (χ1v) is 8.91. The van der Waals surface area contributed by atoms with Crippen LogP contribution in [0.5, 0.6) is 5.75 Å². The highest BCUT2D eigenvalue weighted by Gasteiger charge is 2.35. The normalized spacial score (nSPS) is 16.8. The maximum absolute atomic E-state index is 12.6. The number of benzene rings is 2. The maximum atomic E-state index is 12.6. The number of rotatable bonds is 4. The third-order valence-electron chi connectivity index (χ3n) is 4.92. The lowest BCUT2D eigenvalue weighted by atomic mass is 10.1. The molecule has 4 rings (SSSR count). The first-order chi connectivity index (χ1) is 13.1. The Labute approximate surface area is 157 Å². The summed E-state index contributed by atoms with van der Waals surface area (Å²) in [5.74, 6) is 1.62. The van der Waals surface area contributed by atoms with Crippen LogP contribution in [0.3, 0.4) is 0 Å². The van der Waals surface area contributed by atoms with Crippen LogP contribution < -0.4 is 9.64 Å². The average Bonchev–Trinajstić information content (AvgIpc) is 3.30. The summed E-state index contributed by atoms with van der Waals surface area (Å²) in [6, 6.07) is 13.6. The first-order valence-electron chi connectivity index (χ1n) is 8.91. The number of para-hydroxylation sites is 1. The van der Waals surface area contributed by atoms with E-state index in [1.165, 1.54) is 0 Å². The molecule has 2 aromatic carbocycles. The van der Waals surface area contributed by atoms with Crippen molar-refractivity contribution in [1.29, 1.82) is 0 Å². The van der Waals surface area contributed by atoms with Crippen LogP contribution in [-0.2, 0) is 4.79 Å². The second-order valence-corrected chi connectivity index (χ2v) is 6.85. The zero-order chi connectivity index (χ0) is 19.0. The van der Waals surface area contributed by atoms with E-state index in [-0.39, 0.29) is 11.8 Å². The molecule has 0 aliphatic carbocycles. The van der Waals surface area contributed by atoms with Gasteiger partial charge in [0.2, 0.25) is 5.91 Å². The van der Waals surface area contributed by atoms with Gasteiger partial charge in [-0.1, -0.05) is 29.4 Å². The number of nitrogens with zero attached hydrogens (tertiary/aromatic N) is 3. The molecule has 138 valence electrons. The van der Waals surface area contributed by atoms with Crippen LogP contribution in [0.1, 0.15) is 29.3 Å². The standard InChI is InChI=1S/C21H21N3O3/c1-13-8-9-14(2)17(10-13)24-12-15(11-19(24)25)20-22-21(27-23-20)16-6-4-5-7-18(16)26-3/h4-10,15H,11-12H2,1-3H3. The highest BCUT2D eigenvalue weighted by molar-refractivity contribution is 5.97. The molecule has 0 bridgehead atoms. The lowest BCUT2D eigenvalue weighted by Gasteiger charge is -2.19. The van der Waals surface area contributed by atoms with E-state index < -0.39 is 0 Å². The first kappa shape index (κ1) is 17.3. The van der Waals surface area contributed by atoms with Gasteiger partial charge < -0.3 is 14.2 Å². The predicted octanol–water partition coefficient (Wildman–Crippen LogP) is 3.88. The molecule has 0 spiro atoms. The molecule has 6 nitrogen and oxygen atoms in total. The molecule has 1 atom stereocenters. The summed E-state index contributed by atoms with van der Waals surface area (Å²) in [6.07, 6.45) is 0.373. The second kappa shape index (κ2) is 6.87. The van der Waals surface area contributed by atoms with Crippen LogP contribution in [0.25, 0.3) is 11.5 Å². The van der Waals surface area contributed by atoms with Crippen LogP contribution >= 0.6 is 0 Å². The van der Waals surface area contributed by atoms with Gasteiger partial charge in [0.25, 0.3) is 5.89 Å². The van der Waals surface area contributed by atoms with E-state index in [0.717, 1.165) is 22.4 Å². The largest absolute Gasteiger partial charge is 0.496 e. The van der Waals surface area contributed by atoms with Crippen molar-refractivity contribution in [3.05, 3.63) is 59.4 Å². The highest BCUT2D eigenvalue weighted by Crippen LogP contribution is 2.34. The summed E-state index contributed by atoms with van der Waals surface area (Å²) in [5, 5.41) is 4.13. The number of aryl methyl sites for hydroxylation is 2. The molecule has 1 aromatic heterocycles. The summed E-state index contributed by atoms with van der Waals surface area (Å²) in [7, 11) is 1.60. The molecule has 1 saturated heterocycles. The molecule has 27 heavy (non-hydrogen) atoms. The van der Waals surface area contributed by atoms with E-state index >= 15 is 0 Å². The van der Waals surface area contributed by atoms with Crippen molar-refractivity contribution in [1.82, 2.24) is 10.1 Å². The Bertz CT molecular complexity index is 996. The smallest absolute Gasteiger partial charge is 0.261 e. The van der Waals surface area contributed by atoms with Crippen molar-refractivity contribution >= 4 is 11.6 Å². The van der Waals surface area contributed by atoms with E-state index in [4.69, 9.17) is 9.26 Å². The van der Waals surface area contributed by atoms with Gasteiger partial charge in [-0.25, -0.2) is 0 Å². The zero-order valence-corrected chi connectivity index (χ0v) is 15.6. The average molecular weight is 363 g/mol. The molecule has 1 aliphatic heterocycles. The molecule has 3 aromatic rings. The topological polar surface area (TPSA) is 68.5 Å². The summed E-state index contributed by atoms with van der Waals surface area (Å²) in [5.41, 5.74) is 3.91. The Kier molecular flexibility index (Phi) is 4.39. The van der Waals surface area contributed by atoms with E-state index in [1.807, 2.05) is 55.1 Å². The SMILES string of the molecule is COc1ccccc1-c1nc(C2CC(=O)N(c3cc(C)ccc3C)C2)no1. The lowest BCUT2D eigenvalue weighted by Crippen LogP contribution is -2.25. The van der Waals surface area contributed by atoms with Crippen molar-refractivity contribution in [3.63, 3.8) is 0 Å². The minimum Gasteiger partial charge on any atom is -0.496 e. The number of carbonyl (C=O) groups is 1. The van der Waals surface area contributed by atoms with Gasteiger partial charge in [-0.3, -0.25) is 4.79 Å². The molecule has 1 fully saturated rings. The summed E-state index contributed by atoms with van der Waals surface area (Å²) < 4.78 is 10.8. The molecule has 2 heterocycles. The Morgan fingerprint density at radius 3 is 2.81 bits per heavy atom. The molecule has 1 aliphatic rings. The third-order valence-corrected chi connectivity index (χ3v) is 4.92. The number of hydrogen-bond acceptors (Lipinski definition) is 5. The summed E-state index contributed by atoms with van der Waals surface area (Å²) in [6.45, 7) is 4.59. The Balaban J connectivity index is 1.60. The third kappa shape index (κ3) is 3.18. The fourth-order valence-corrected chi connectivity index (χ4v) is 3.45. The van der Waals surface area contributed by atoms with Gasteiger partial charge in [0.15, 0.2) is 5.82 Å². The zero-order valence-electron chi connectivity index (χ0n) is 15.6. The number of carbonyl (C=O) groups excluding carboxylic acids is 1. The molecule has 0 radical (unpaired) electrons. The number of ether oxygens (including phenoxy) is 1. The maximum Gasteiger partial charge on any atom is 0.261 e. The van der Waals surface area contributed by atoms with E-state index in [2.05, 4.69) is 16.2 Å². The van der Waals surface area contributed by atoms with Crippen molar-refractivity contribution < 1.29 is 14.1 Å². The monoisotopic (exact) mass is 363 g/mol. The Morgan fingerprint density at radius 1 is 1.19 bits per heavy atom. The predicted molar refractivity (Wildman–Crippen MR) is 102 cm³/mol. The van der Waals surface area contributed by atoms with Gasteiger partial charge in [0, 0.05) is 24.6 Å². The number of amides is 1. The van der Waals surface area contributed by atoms with Crippen LogP contribution in [0, 0.1) is 13.8 Å². The van der Waals surface area contributed by atoms with Crippen molar-refractivity contribution in [2.45, 2.75) is 26.2 Å². The van der Waals surface area contributed by atoms with Crippen LogP contribution in [-0.4, -0.2) is 29.7 Å². The van der Waals surface area contributed by atoms with Crippen LogP contribution in [0.2, 0.25) is 0 Å². The van der Waals surface area contributed by atoms with E-state index in [0.29, 0.717) is 30.4 Å². The number of anilines is 1. The molecule has 0 saturated carbocycles. The van der Waals surface area contributed by atoms with Crippen LogP contribution in [0.15, 0.2) is 47.0 Å². The molecule has 6 heteroatoms. The number of hydrogen-bond donors (Lipinski definition) is 0. The fraction of sp³-hybridized carbons (Fsp3) is 0.286. The fourth-order valence-electron chi connectivity index (χ4n) is 3.45. The molecular formula is C21H21N3O3. The van der Waals surface area contributed by atoms with Gasteiger partial charge in [-0.15, -0.1) is 0 Å². The van der Waals surface area contributed by atoms with Crippen molar-refractivity contribution in [3.8, 4) is 17.2 Å². The second-order valence-electron chi connectivity index (χ2n) is 6.85. The molecule has 0 N–H and O–H groups in total. The number of aromatic nitrogens is 2. The van der Waals surface area contributed by atoms with Crippen LogP contribution in [0.4, 0.5) is 5.69 Å². The van der Waals surface area contributed by atoms with Gasteiger partial charge in [-0.2, -0.15) is 4.98 Å². The Hall–Kier alpha value is -3.15. The summed E-state index contributed by atoms with van der Waals surface area (Å²) in [4.78, 5) is 19.0. The van der Waals surface area contributed by atoms with Gasteiger partial charge in [0.1, 0.15) is 5.75 Å². The van der Waals surface area contributed by atoms with E-state index in [9.17, 15) is 4.79 Å². The summed E-state index contributed by atoms with van der Waals surface area (Å²) >= 11 is 0. The van der Waals surface area contributed by atoms with Crippen molar-refractivity contribution in [2.24, 2.45) is 0 Å². The molecule has 1 unspecified atom stereocenters. The number of methoxy groups -OCH3 is 1. The van der Waals surface area contributed by atoms with Gasteiger partial charge in [-0.05, 0) is 43.2 Å². The van der Waals surface area contributed by atoms with E-state index in [1.54, 1.807) is 7.11 Å². The molecule has 1 amide bonds. The minimum absolute atomic E-state index is 0.0809. The highest BCUT2D eigenvalue weighted by atomic mass is 16.5. The minimum atomic E-state index is -0.0929. The van der Waals surface area contributed by atoms with Gasteiger partial charge >= 0.3 is 0 Å². The quantitative estimate of drug-likeness (QED) is 0.703. The van der Waals surface area contributed by atoms with Gasteiger partial charge in [0.05, 0.1) is 12.7 Å².